The van der Waals surface area contributed by atoms with E-state index in [0.717, 1.165) is 39.0 Å². The summed E-state index contributed by atoms with van der Waals surface area (Å²) in [6, 6.07) is 3.90. The summed E-state index contributed by atoms with van der Waals surface area (Å²) in [5, 5.41) is 3.53. The van der Waals surface area contributed by atoms with Gasteiger partial charge in [-0.05, 0) is 57.0 Å². The molecule has 0 aliphatic carbocycles. The van der Waals surface area contributed by atoms with Gasteiger partial charge in [-0.1, -0.05) is 18.5 Å². The van der Waals surface area contributed by atoms with E-state index < -0.39 is 11.9 Å². The van der Waals surface area contributed by atoms with E-state index in [4.69, 9.17) is 16.3 Å². The van der Waals surface area contributed by atoms with Gasteiger partial charge in [-0.2, -0.15) is 0 Å². The molecular weight excluding hydrogens is 354 g/mol. The molecule has 24 heavy (non-hydrogen) atoms. The van der Waals surface area contributed by atoms with Gasteiger partial charge in [0.25, 0.3) is 5.91 Å². The summed E-state index contributed by atoms with van der Waals surface area (Å²) in [5.41, 5.74) is 0. The molecular formula is C17H25Cl2FN2O2. The lowest BCUT2D eigenvalue weighted by atomic mass is 9.96. The highest BCUT2D eigenvalue weighted by Crippen LogP contribution is 2.26. The highest BCUT2D eigenvalue weighted by atomic mass is 35.5. The SMILES string of the molecule is CCNCC1CCN(C(=O)C(C)Oc2ccc(F)cc2Cl)CC1.Cl. The van der Waals surface area contributed by atoms with Crippen molar-refractivity contribution in [2.75, 3.05) is 26.2 Å². The van der Waals surface area contributed by atoms with E-state index in [1.807, 2.05) is 4.90 Å². The van der Waals surface area contributed by atoms with Crippen LogP contribution in [0.2, 0.25) is 5.02 Å². The molecule has 1 aliphatic heterocycles. The molecule has 1 heterocycles. The lowest BCUT2D eigenvalue weighted by Gasteiger charge is -2.33. The van der Waals surface area contributed by atoms with Gasteiger partial charge in [0.15, 0.2) is 6.10 Å². The number of ether oxygens (including phenoxy) is 1. The molecule has 1 saturated heterocycles. The van der Waals surface area contributed by atoms with Gasteiger partial charge >= 0.3 is 0 Å². The summed E-state index contributed by atoms with van der Waals surface area (Å²) >= 11 is 5.93. The molecule has 1 amide bonds. The Morgan fingerprint density at radius 1 is 1.46 bits per heavy atom. The van der Waals surface area contributed by atoms with Crippen molar-refractivity contribution < 1.29 is 13.9 Å². The molecule has 1 atom stereocenters. The maximum atomic E-state index is 13.0. The van der Waals surface area contributed by atoms with E-state index in [1.54, 1.807) is 6.92 Å². The van der Waals surface area contributed by atoms with Crippen molar-refractivity contribution in [1.82, 2.24) is 10.2 Å². The molecule has 1 aliphatic rings. The largest absolute Gasteiger partial charge is 0.479 e. The smallest absolute Gasteiger partial charge is 0.263 e. The first-order valence-corrected chi connectivity index (χ1v) is 8.50. The van der Waals surface area contributed by atoms with Gasteiger partial charge in [0.2, 0.25) is 0 Å². The van der Waals surface area contributed by atoms with Gasteiger partial charge in [0, 0.05) is 13.1 Å². The van der Waals surface area contributed by atoms with E-state index in [0.29, 0.717) is 11.7 Å². The third kappa shape index (κ3) is 5.80. The molecule has 1 N–H and O–H groups in total. The number of carbonyl (C=O) groups is 1. The van der Waals surface area contributed by atoms with Crippen LogP contribution in [0.1, 0.15) is 26.7 Å². The number of hydrogen-bond donors (Lipinski definition) is 1. The average molecular weight is 379 g/mol. The van der Waals surface area contributed by atoms with Gasteiger partial charge in [-0.3, -0.25) is 4.79 Å². The third-order valence-electron chi connectivity index (χ3n) is 4.15. The van der Waals surface area contributed by atoms with Crippen LogP contribution in [-0.4, -0.2) is 43.1 Å². The Balaban J connectivity index is 0.00000288. The molecule has 0 saturated carbocycles. The van der Waals surface area contributed by atoms with Crippen LogP contribution in [0.15, 0.2) is 18.2 Å². The zero-order valence-electron chi connectivity index (χ0n) is 14.1. The quantitative estimate of drug-likeness (QED) is 0.823. The van der Waals surface area contributed by atoms with E-state index in [1.165, 1.54) is 18.2 Å². The maximum absolute atomic E-state index is 13.0. The first-order chi connectivity index (χ1) is 11.0. The highest BCUT2D eigenvalue weighted by molar-refractivity contribution is 6.32. The summed E-state index contributed by atoms with van der Waals surface area (Å²) in [6.07, 6.45) is 1.37. The lowest BCUT2D eigenvalue weighted by molar-refractivity contribution is -0.139. The van der Waals surface area contributed by atoms with Crippen molar-refractivity contribution >= 4 is 29.9 Å². The number of piperidine rings is 1. The summed E-state index contributed by atoms with van der Waals surface area (Å²) in [5.74, 6) is 0.481. The number of benzene rings is 1. The van der Waals surface area contributed by atoms with Crippen molar-refractivity contribution in [3.8, 4) is 5.75 Å². The number of carbonyl (C=O) groups excluding carboxylic acids is 1. The predicted molar refractivity (Wildman–Crippen MR) is 96.6 cm³/mol. The fraction of sp³-hybridized carbons (Fsp3) is 0.588. The second kappa shape index (κ2) is 10.1. The van der Waals surface area contributed by atoms with Gasteiger partial charge < -0.3 is 15.0 Å². The minimum atomic E-state index is -0.636. The van der Waals surface area contributed by atoms with Crippen LogP contribution in [0.3, 0.4) is 0 Å². The number of hydrogen-bond acceptors (Lipinski definition) is 3. The Kier molecular flexibility index (Phi) is 8.81. The van der Waals surface area contributed by atoms with Crippen molar-refractivity contribution in [2.45, 2.75) is 32.8 Å². The van der Waals surface area contributed by atoms with Crippen LogP contribution < -0.4 is 10.1 Å². The van der Waals surface area contributed by atoms with Crippen molar-refractivity contribution in [2.24, 2.45) is 5.92 Å². The molecule has 0 aromatic heterocycles. The Morgan fingerprint density at radius 3 is 2.71 bits per heavy atom. The van der Waals surface area contributed by atoms with Crippen LogP contribution >= 0.6 is 24.0 Å². The molecule has 1 aromatic rings. The summed E-state index contributed by atoms with van der Waals surface area (Å²) in [6.45, 7) is 7.28. The second-order valence-corrected chi connectivity index (χ2v) is 6.32. The monoisotopic (exact) mass is 378 g/mol. The molecule has 0 spiro atoms. The molecule has 0 bridgehead atoms. The Hall–Kier alpha value is -1.04. The minimum absolute atomic E-state index is 0. The van der Waals surface area contributed by atoms with Gasteiger partial charge in [-0.25, -0.2) is 4.39 Å². The molecule has 136 valence electrons. The van der Waals surface area contributed by atoms with E-state index in [-0.39, 0.29) is 23.3 Å². The fourth-order valence-corrected chi connectivity index (χ4v) is 2.99. The van der Waals surface area contributed by atoms with E-state index in [9.17, 15) is 9.18 Å². The number of rotatable bonds is 6. The topological polar surface area (TPSA) is 41.6 Å². The summed E-state index contributed by atoms with van der Waals surface area (Å²) in [4.78, 5) is 14.3. The molecule has 7 heteroatoms. The maximum Gasteiger partial charge on any atom is 0.263 e. The van der Waals surface area contributed by atoms with Crippen LogP contribution in [0.5, 0.6) is 5.75 Å². The van der Waals surface area contributed by atoms with E-state index in [2.05, 4.69) is 12.2 Å². The van der Waals surface area contributed by atoms with Crippen LogP contribution in [0, 0.1) is 11.7 Å². The standard InChI is InChI=1S/C17H24ClFN2O2.ClH/c1-3-20-11-13-6-8-21(9-7-13)17(22)12(2)23-16-5-4-14(19)10-15(16)18;/h4-5,10,12-13,20H,3,6-9,11H2,1-2H3;1H. The van der Waals surface area contributed by atoms with Gasteiger partial charge in [-0.15, -0.1) is 12.4 Å². The van der Waals surface area contributed by atoms with Crippen molar-refractivity contribution in [3.63, 3.8) is 0 Å². The second-order valence-electron chi connectivity index (χ2n) is 5.91. The number of nitrogens with zero attached hydrogens (tertiary/aromatic N) is 1. The number of halogens is 3. The van der Waals surface area contributed by atoms with Crippen molar-refractivity contribution in [3.05, 3.63) is 29.0 Å². The number of nitrogens with one attached hydrogen (secondary N) is 1. The highest BCUT2D eigenvalue weighted by Gasteiger charge is 2.27. The first-order valence-electron chi connectivity index (χ1n) is 8.12. The molecule has 4 nitrogen and oxygen atoms in total. The predicted octanol–water partition coefficient (Wildman–Crippen LogP) is 3.52. The molecule has 0 radical (unpaired) electrons. The zero-order valence-corrected chi connectivity index (χ0v) is 15.6. The minimum Gasteiger partial charge on any atom is -0.479 e. The van der Waals surface area contributed by atoms with Crippen LogP contribution in [0.25, 0.3) is 0 Å². The Bertz CT molecular complexity index is 537. The molecule has 1 aromatic carbocycles. The fourth-order valence-electron chi connectivity index (χ4n) is 2.77. The molecule has 1 fully saturated rings. The van der Waals surface area contributed by atoms with Gasteiger partial charge in [0.05, 0.1) is 5.02 Å². The number of likely N-dealkylation sites (tertiary alicyclic amines) is 1. The summed E-state index contributed by atoms with van der Waals surface area (Å²) in [7, 11) is 0. The summed E-state index contributed by atoms with van der Waals surface area (Å²) < 4.78 is 18.6. The molecule has 1 unspecified atom stereocenters. The Morgan fingerprint density at radius 2 is 2.12 bits per heavy atom. The lowest BCUT2D eigenvalue weighted by Crippen LogP contribution is -2.45. The molecule has 2 rings (SSSR count). The first kappa shape index (κ1) is 21.0. The average Bonchev–Trinajstić information content (AvgIpc) is 2.55. The Labute approximate surface area is 154 Å². The number of amides is 1. The van der Waals surface area contributed by atoms with E-state index >= 15 is 0 Å². The van der Waals surface area contributed by atoms with Gasteiger partial charge in [0.1, 0.15) is 11.6 Å². The van der Waals surface area contributed by atoms with Crippen LogP contribution in [-0.2, 0) is 4.79 Å². The third-order valence-corrected chi connectivity index (χ3v) is 4.45. The zero-order chi connectivity index (χ0) is 16.8. The van der Waals surface area contributed by atoms with Crippen LogP contribution in [0.4, 0.5) is 4.39 Å². The normalized spacial score (nSPS) is 16.4. The van der Waals surface area contributed by atoms with Crippen molar-refractivity contribution in [1.29, 1.82) is 0 Å².